The van der Waals surface area contributed by atoms with Gasteiger partial charge in [0.15, 0.2) is 6.79 Å². The van der Waals surface area contributed by atoms with Crippen molar-refractivity contribution in [3.63, 3.8) is 0 Å². The van der Waals surface area contributed by atoms with Crippen LogP contribution in [-0.2, 0) is 9.47 Å². The molecule has 3 aliphatic rings. The third-order valence-corrected chi connectivity index (χ3v) is 2.13. The van der Waals surface area contributed by atoms with E-state index in [0.29, 0.717) is 6.79 Å². The molecule has 1 fully saturated rings. The SMILES string of the molecule is C1=CC2=C[C@@H]3OCOC3=CC2=N1. The van der Waals surface area contributed by atoms with Crippen LogP contribution in [0.15, 0.2) is 40.8 Å². The van der Waals surface area contributed by atoms with Crippen LogP contribution in [0.4, 0.5) is 0 Å². The molecule has 3 heteroatoms. The minimum atomic E-state index is 0.0155. The Balaban J connectivity index is 2.08. The van der Waals surface area contributed by atoms with E-state index in [1.807, 2.05) is 18.2 Å². The van der Waals surface area contributed by atoms with E-state index in [1.165, 1.54) is 0 Å². The Morgan fingerprint density at radius 1 is 1.50 bits per heavy atom. The molecule has 0 aromatic rings. The summed E-state index contributed by atoms with van der Waals surface area (Å²) in [5.41, 5.74) is 2.11. The summed E-state index contributed by atoms with van der Waals surface area (Å²) >= 11 is 0. The number of nitrogens with zero attached hydrogens (tertiary/aromatic N) is 1. The first-order valence-electron chi connectivity index (χ1n) is 3.86. The summed E-state index contributed by atoms with van der Waals surface area (Å²) in [6.07, 6.45) is 7.75. The minimum Gasteiger partial charge on any atom is -0.469 e. The third kappa shape index (κ3) is 0.713. The van der Waals surface area contributed by atoms with Gasteiger partial charge in [-0.1, -0.05) is 0 Å². The average molecular weight is 161 g/mol. The van der Waals surface area contributed by atoms with E-state index >= 15 is 0 Å². The Morgan fingerprint density at radius 3 is 3.50 bits per heavy atom. The molecule has 0 N–H and O–H groups in total. The fourth-order valence-corrected chi connectivity index (χ4v) is 1.51. The molecule has 0 saturated carbocycles. The summed E-state index contributed by atoms with van der Waals surface area (Å²) in [6.45, 7) is 0.358. The molecule has 0 aromatic heterocycles. The highest BCUT2D eigenvalue weighted by Gasteiger charge is 2.27. The lowest BCUT2D eigenvalue weighted by Crippen LogP contribution is -2.13. The summed E-state index contributed by atoms with van der Waals surface area (Å²) in [5.74, 6) is 0.876. The van der Waals surface area contributed by atoms with Crippen LogP contribution in [0.25, 0.3) is 0 Å². The van der Waals surface area contributed by atoms with Gasteiger partial charge in [-0.15, -0.1) is 0 Å². The standard InChI is InChI=1S/C9H7NO2/c1-2-10-7-4-9-8(3-6(1)7)11-5-12-9/h1-4,8H,5H2/t8-/m0/s1. The monoisotopic (exact) mass is 161 g/mol. The molecule has 0 spiro atoms. The second kappa shape index (κ2) is 2.08. The van der Waals surface area contributed by atoms with Gasteiger partial charge in [0.1, 0.15) is 11.9 Å². The topological polar surface area (TPSA) is 30.8 Å². The van der Waals surface area contributed by atoms with E-state index in [0.717, 1.165) is 17.0 Å². The molecule has 3 rings (SSSR count). The zero-order valence-electron chi connectivity index (χ0n) is 6.36. The summed E-state index contributed by atoms with van der Waals surface area (Å²) in [4.78, 5) is 4.17. The lowest BCUT2D eigenvalue weighted by molar-refractivity contribution is 0.0629. The fourth-order valence-electron chi connectivity index (χ4n) is 1.51. The number of hydrogen-bond donors (Lipinski definition) is 0. The molecule has 0 aromatic carbocycles. The molecule has 0 unspecified atom stereocenters. The van der Waals surface area contributed by atoms with Gasteiger partial charge in [-0.2, -0.15) is 0 Å². The summed E-state index contributed by atoms with van der Waals surface area (Å²) in [5, 5.41) is 0. The van der Waals surface area contributed by atoms with Crippen molar-refractivity contribution in [3.8, 4) is 0 Å². The lowest BCUT2D eigenvalue weighted by Gasteiger charge is -2.10. The van der Waals surface area contributed by atoms with Crippen molar-refractivity contribution in [3.05, 3.63) is 35.8 Å². The first-order chi connectivity index (χ1) is 5.93. The summed E-state index contributed by atoms with van der Waals surface area (Å²) < 4.78 is 10.6. The molecule has 0 amide bonds. The zero-order valence-corrected chi connectivity index (χ0v) is 6.36. The molecular weight excluding hydrogens is 154 g/mol. The average Bonchev–Trinajstić information content (AvgIpc) is 2.64. The molecular formula is C9H7NO2. The predicted molar refractivity (Wildman–Crippen MR) is 43.6 cm³/mol. The van der Waals surface area contributed by atoms with Crippen LogP contribution in [0.5, 0.6) is 0 Å². The van der Waals surface area contributed by atoms with Crippen LogP contribution in [0.3, 0.4) is 0 Å². The lowest BCUT2D eigenvalue weighted by atomic mass is 10.0. The summed E-state index contributed by atoms with van der Waals surface area (Å²) in [6, 6.07) is 0. The van der Waals surface area contributed by atoms with Gasteiger partial charge in [-0.05, 0) is 12.2 Å². The molecule has 1 atom stereocenters. The third-order valence-electron chi connectivity index (χ3n) is 2.13. The number of allylic oxidation sites excluding steroid dienone is 3. The number of fused-ring (bicyclic) bond motifs is 2. The maximum absolute atomic E-state index is 5.31. The molecule has 0 bridgehead atoms. The fraction of sp³-hybridized carbons (Fsp3) is 0.222. The van der Waals surface area contributed by atoms with Crippen molar-refractivity contribution in [2.45, 2.75) is 6.10 Å². The van der Waals surface area contributed by atoms with E-state index in [1.54, 1.807) is 6.20 Å². The van der Waals surface area contributed by atoms with Crippen LogP contribution >= 0.6 is 0 Å². The van der Waals surface area contributed by atoms with E-state index in [2.05, 4.69) is 4.99 Å². The van der Waals surface area contributed by atoms with Gasteiger partial charge in [0, 0.05) is 17.8 Å². The molecule has 2 aliphatic heterocycles. The smallest absolute Gasteiger partial charge is 0.189 e. The van der Waals surface area contributed by atoms with E-state index in [4.69, 9.17) is 9.47 Å². The summed E-state index contributed by atoms with van der Waals surface area (Å²) in [7, 11) is 0. The minimum absolute atomic E-state index is 0.0155. The highest BCUT2D eigenvalue weighted by molar-refractivity contribution is 6.13. The van der Waals surface area contributed by atoms with Crippen LogP contribution in [0, 0.1) is 0 Å². The van der Waals surface area contributed by atoms with Crippen molar-refractivity contribution in [2.75, 3.05) is 6.79 Å². The highest BCUT2D eigenvalue weighted by Crippen LogP contribution is 2.27. The second-order valence-electron chi connectivity index (χ2n) is 2.85. The predicted octanol–water partition coefficient (Wildman–Crippen LogP) is 1.15. The number of ether oxygens (including phenoxy) is 2. The van der Waals surface area contributed by atoms with Crippen molar-refractivity contribution in [2.24, 2.45) is 4.99 Å². The van der Waals surface area contributed by atoms with E-state index in [-0.39, 0.29) is 6.10 Å². The highest BCUT2D eigenvalue weighted by atomic mass is 16.7. The van der Waals surface area contributed by atoms with Gasteiger partial charge in [-0.3, -0.25) is 4.99 Å². The van der Waals surface area contributed by atoms with Crippen LogP contribution in [0.2, 0.25) is 0 Å². The van der Waals surface area contributed by atoms with Gasteiger partial charge < -0.3 is 9.47 Å². The normalized spacial score (nSPS) is 30.0. The zero-order chi connectivity index (χ0) is 7.97. The Bertz CT molecular complexity index is 350. The first kappa shape index (κ1) is 6.20. The molecule has 60 valence electrons. The molecule has 3 nitrogen and oxygen atoms in total. The Morgan fingerprint density at radius 2 is 2.50 bits per heavy atom. The Kier molecular flexibility index (Phi) is 1.07. The Hall–Kier alpha value is -1.35. The van der Waals surface area contributed by atoms with Crippen molar-refractivity contribution >= 4 is 5.71 Å². The van der Waals surface area contributed by atoms with Crippen LogP contribution in [-0.4, -0.2) is 18.6 Å². The van der Waals surface area contributed by atoms with Gasteiger partial charge in [0.2, 0.25) is 0 Å². The molecule has 1 saturated heterocycles. The van der Waals surface area contributed by atoms with Crippen molar-refractivity contribution in [1.29, 1.82) is 0 Å². The molecule has 2 heterocycles. The quantitative estimate of drug-likeness (QED) is 0.533. The molecule has 12 heavy (non-hydrogen) atoms. The van der Waals surface area contributed by atoms with Gasteiger partial charge in [-0.25, -0.2) is 0 Å². The molecule has 0 radical (unpaired) electrons. The largest absolute Gasteiger partial charge is 0.469 e. The maximum atomic E-state index is 5.31. The Labute approximate surface area is 69.7 Å². The van der Waals surface area contributed by atoms with E-state index < -0.39 is 0 Å². The van der Waals surface area contributed by atoms with Crippen molar-refractivity contribution in [1.82, 2.24) is 0 Å². The second-order valence-corrected chi connectivity index (χ2v) is 2.85. The van der Waals surface area contributed by atoms with Crippen LogP contribution in [0.1, 0.15) is 0 Å². The maximum Gasteiger partial charge on any atom is 0.189 e. The number of rotatable bonds is 0. The number of hydrogen-bond acceptors (Lipinski definition) is 3. The number of aliphatic imine (C=N–C) groups is 1. The van der Waals surface area contributed by atoms with Crippen LogP contribution < -0.4 is 0 Å². The van der Waals surface area contributed by atoms with Crippen molar-refractivity contribution < 1.29 is 9.47 Å². The van der Waals surface area contributed by atoms with E-state index in [9.17, 15) is 0 Å². The van der Waals surface area contributed by atoms with Gasteiger partial charge in [0.05, 0.1) is 5.71 Å². The first-order valence-corrected chi connectivity index (χ1v) is 3.86. The van der Waals surface area contributed by atoms with Gasteiger partial charge >= 0.3 is 0 Å². The van der Waals surface area contributed by atoms with Gasteiger partial charge in [0.25, 0.3) is 0 Å². The molecule has 1 aliphatic carbocycles.